The van der Waals surface area contributed by atoms with E-state index in [2.05, 4.69) is 4.98 Å². The Bertz CT molecular complexity index is 591. The van der Waals surface area contributed by atoms with Crippen LogP contribution in [0.2, 0.25) is 0 Å². The lowest BCUT2D eigenvalue weighted by atomic mass is 10.3. The van der Waals surface area contributed by atoms with Crippen molar-refractivity contribution in [1.82, 2.24) is 14.5 Å². The van der Waals surface area contributed by atoms with Gasteiger partial charge in [-0.1, -0.05) is 12.1 Å². The second-order valence-electron chi connectivity index (χ2n) is 4.00. The highest BCUT2D eigenvalue weighted by Crippen LogP contribution is 2.11. The highest BCUT2D eigenvalue weighted by Gasteiger charge is 2.13. The van der Waals surface area contributed by atoms with Gasteiger partial charge in [0.2, 0.25) is 5.91 Å². The molecule has 0 aliphatic rings. The van der Waals surface area contributed by atoms with Gasteiger partial charge in [-0.15, -0.1) is 0 Å². The van der Waals surface area contributed by atoms with E-state index in [4.69, 9.17) is 5.11 Å². The molecule has 0 spiro atoms. The average Bonchev–Trinajstić information content (AvgIpc) is 2.72. The topological polar surface area (TPSA) is 75.4 Å². The summed E-state index contributed by atoms with van der Waals surface area (Å²) in [6, 6.07) is 7.47. The number of nitrogens with zero attached hydrogens (tertiary/aromatic N) is 3. The first-order valence-electron chi connectivity index (χ1n) is 5.43. The Balaban J connectivity index is 2.14. The zero-order valence-corrected chi connectivity index (χ0v) is 9.91. The normalized spacial score (nSPS) is 10.5. The van der Waals surface area contributed by atoms with Crippen molar-refractivity contribution in [2.45, 2.75) is 6.54 Å². The third-order valence-corrected chi connectivity index (χ3v) is 2.63. The molecule has 18 heavy (non-hydrogen) atoms. The van der Waals surface area contributed by atoms with Gasteiger partial charge in [-0.05, 0) is 12.1 Å². The largest absolute Gasteiger partial charge is 0.480 e. The first kappa shape index (κ1) is 12.1. The molecule has 6 nitrogen and oxygen atoms in total. The predicted molar refractivity (Wildman–Crippen MR) is 65.0 cm³/mol. The predicted octanol–water partition coefficient (Wildman–Crippen LogP) is 0.579. The number of hydrogen-bond acceptors (Lipinski definition) is 3. The van der Waals surface area contributed by atoms with Crippen molar-refractivity contribution < 1.29 is 14.7 Å². The van der Waals surface area contributed by atoms with Gasteiger partial charge in [0, 0.05) is 7.05 Å². The minimum Gasteiger partial charge on any atom is -0.480 e. The summed E-state index contributed by atoms with van der Waals surface area (Å²) in [7, 11) is 1.47. The van der Waals surface area contributed by atoms with Gasteiger partial charge in [0.1, 0.15) is 13.1 Å². The average molecular weight is 247 g/mol. The number of carbonyl (C=O) groups is 2. The van der Waals surface area contributed by atoms with E-state index >= 15 is 0 Å². The van der Waals surface area contributed by atoms with Crippen molar-refractivity contribution in [3.63, 3.8) is 0 Å². The summed E-state index contributed by atoms with van der Waals surface area (Å²) in [5, 5.41) is 8.62. The van der Waals surface area contributed by atoms with Crippen LogP contribution in [0.15, 0.2) is 30.6 Å². The summed E-state index contributed by atoms with van der Waals surface area (Å²) in [5.74, 6) is -1.29. The lowest BCUT2D eigenvalue weighted by molar-refractivity contribution is -0.143. The number of imidazole rings is 1. The van der Waals surface area contributed by atoms with Crippen molar-refractivity contribution in [3.05, 3.63) is 30.6 Å². The Morgan fingerprint density at radius 3 is 2.83 bits per heavy atom. The van der Waals surface area contributed by atoms with E-state index in [1.54, 1.807) is 10.9 Å². The maximum atomic E-state index is 11.8. The standard InChI is InChI=1S/C12H13N3O3/c1-14(7-12(17)18)11(16)6-15-8-13-9-4-2-3-5-10(9)15/h2-5,8H,6-7H2,1H3,(H,17,18). The van der Waals surface area contributed by atoms with Crippen LogP contribution in [-0.2, 0) is 16.1 Å². The maximum Gasteiger partial charge on any atom is 0.323 e. The van der Waals surface area contributed by atoms with Crippen LogP contribution < -0.4 is 0 Å². The molecule has 1 amide bonds. The van der Waals surface area contributed by atoms with Crippen LogP contribution in [0, 0.1) is 0 Å². The fourth-order valence-electron chi connectivity index (χ4n) is 1.69. The summed E-state index contributed by atoms with van der Waals surface area (Å²) in [6.45, 7) is -0.213. The van der Waals surface area contributed by atoms with Crippen LogP contribution in [0.4, 0.5) is 0 Å². The number of carboxylic acid groups (broad SMARTS) is 1. The third kappa shape index (κ3) is 2.48. The molecule has 0 saturated heterocycles. The van der Waals surface area contributed by atoms with Gasteiger partial charge in [-0.25, -0.2) is 4.98 Å². The molecule has 0 unspecified atom stereocenters. The quantitative estimate of drug-likeness (QED) is 0.857. The number of amides is 1. The number of fused-ring (bicyclic) bond motifs is 1. The lowest BCUT2D eigenvalue weighted by Gasteiger charge is -2.14. The number of rotatable bonds is 4. The molecular formula is C12H13N3O3. The van der Waals surface area contributed by atoms with E-state index in [0.717, 1.165) is 11.0 Å². The molecule has 0 bridgehead atoms. The van der Waals surface area contributed by atoms with Gasteiger partial charge in [-0.3, -0.25) is 9.59 Å². The zero-order valence-electron chi connectivity index (χ0n) is 9.91. The van der Waals surface area contributed by atoms with E-state index in [1.807, 2.05) is 24.3 Å². The molecule has 0 saturated carbocycles. The lowest BCUT2D eigenvalue weighted by Crippen LogP contribution is -2.34. The van der Waals surface area contributed by atoms with Crippen molar-refractivity contribution in [3.8, 4) is 0 Å². The second kappa shape index (κ2) is 4.87. The molecule has 1 aromatic heterocycles. The molecule has 1 N–H and O–H groups in total. The molecule has 6 heteroatoms. The number of aliphatic carboxylic acids is 1. The molecule has 94 valence electrons. The van der Waals surface area contributed by atoms with Crippen molar-refractivity contribution in [2.75, 3.05) is 13.6 Å². The molecule has 0 atom stereocenters. The molecule has 2 rings (SSSR count). The summed E-state index contributed by atoms with van der Waals surface area (Å²) >= 11 is 0. The fourth-order valence-corrected chi connectivity index (χ4v) is 1.69. The second-order valence-corrected chi connectivity index (χ2v) is 4.00. The van der Waals surface area contributed by atoms with Gasteiger partial charge in [0.15, 0.2) is 0 Å². The number of likely N-dealkylation sites (N-methyl/N-ethyl adjacent to an activating group) is 1. The third-order valence-electron chi connectivity index (χ3n) is 2.63. The Hall–Kier alpha value is -2.37. The van der Waals surface area contributed by atoms with E-state index in [9.17, 15) is 9.59 Å². The van der Waals surface area contributed by atoms with E-state index in [-0.39, 0.29) is 19.0 Å². The van der Waals surface area contributed by atoms with Crippen LogP contribution in [0.5, 0.6) is 0 Å². The molecular weight excluding hydrogens is 234 g/mol. The Labute approximate surface area is 103 Å². The Morgan fingerprint density at radius 1 is 1.39 bits per heavy atom. The van der Waals surface area contributed by atoms with Gasteiger partial charge in [0.25, 0.3) is 0 Å². The molecule has 1 heterocycles. The van der Waals surface area contributed by atoms with Gasteiger partial charge >= 0.3 is 5.97 Å². The number of hydrogen-bond donors (Lipinski definition) is 1. The zero-order chi connectivity index (χ0) is 13.1. The summed E-state index contributed by atoms with van der Waals surface area (Å²) in [4.78, 5) is 27.7. The van der Waals surface area contributed by atoms with Gasteiger partial charge in [-0.2, -0.15) is 0 Å². The maximum absolute atomic E-state index is 11.8. The van der Waals surface area contributed by atoms with Crippen molar-refractivity contribution >= 4 is 22.9 Å². The SMILES string of the molecule is CN(CC(=O)O)C(=O)Cn1cnc2ccccc21. The van der Waals surface area contributed by atoms with Crippen LogP contribution in [0.1, 0.15) is 0 Å². The van der Waals surface area contributed by atoms with Gasteiger partial charge in [0.05, 0.1) is 17.4 Å². The minimum absolute atomic E-state index is 0.0876. The summed E-state index contributed by atoms with van der Waals surface area (Å²) in [5.41, 5.74) is 1.67. The smallest absolute Gasteiger partial charge is 0.323 e. The van der Waals surface area contributed by atoms with Crippen molar-refractivity contribution in [1.29, 1.82) is 0 Å². The summed E-state index contributed by atoms with van der Waals surface area (Å²) < 4.78 is 1.70. The van der Waals surface area contributed by atoms with Crippen LogP contribution in [0.3, 0.4) is 0 Å². The Morgan fingerprint density at radius 2 is 2.11 bits per heavy atom. The molecule has 0 radical (unpaired) electrons. The first-order chi connectivity index (χ1) is 8.58. The van der Waals surface area contributed by atoms with Crippen LogP contribution >= 0.6 is 0 Å². The first-order valence-corrected chi connectivity index (χ1v) is 5.43. The van der Waals surface area contributed by atoms with Crippen molar-refractivity contribution in [2.24, 2.45) is 0 Å². The van der Waals surface area contributed by atoms with E-state index < -0.39 is 5.97 Å². The molecule has 0 aliphatic carbocycles. The van der Waals surface area contributed by atoms with Crippen LogP contribution in [-0.4, -0.2) is 45.0 Å². The number of carbonyl (C=O) groups excluding carboxylic acids is 1. The number of para-hydroxylation sites is 2. The highest BCUT2D eigenvalue weighted by atomic mass is 16.4. The molecule has 0 fully saturated rings. The number of benzene rings is 1. The number of carboxylic acids is 1. The fraction of sp³-hybridized carbons (Fsp3) is 0.250. The minimum atomic E-state index is -1.03. The van der Waals surface area contributed by atoms with E-state index in [0.29, 0.717) is 0 Å². The molecule has 1 aromatic carbocycles. The van der Waals surface area contributed by atoms with E-state index in [1.165, 1.54) is 11.9 Å². The van der Waals surface area contributed by atoms with Crippen LogP contribution in [0.25, 0.3) is 11.0 Å². The highest BCUT2D eigenvalue weighted by molar-refractivity contribution is 5.83. The monoisotopic (exact) mass is 247 g/mol. The summed E-state index contributed by atoms with van der Waals surface area (Å²) in [6.07, 6.45) is 1.58. The molecule has 0 aliphatic heterocycles. The van der Waals surface area contributed by atoms with Gasteiger partial charge < -0.3 is 14.6 Å². The number of aromatic nitrogens is 2. The Kier molecular flexibility index (Phi) is 3.27. The molecule has 2 aromatic rings.